The number of nitrogens with one attached hydrogen (secondary N) is 1. The molecule has 2 nitrogen and oxygen atoms in total. The fraction of sp³-hybridized carbons (Fsp3) is 0.125. The van der Waals surface area contributed by atoms with Gasteiger partial charge < -0.3 is 11.1 Å². The highest BCUT2D eigenvalue weighted by Gasteiger charge is 2.32. The minimum Gasteiger partial charge on any atom is -0.376 e. The number of alkyl halides is 3. The first kappa shape index (κ1) is 12.5. The fourth-order valence-electron chi connectivity index (χ4n) is 0.965. The van der Waals surface area contributed by atoms with Crippen molar-refractivity contribution in [1.82, 2.24) is 0 Å². The Balaban J connectivity index is 3.04. The monoisotopic (exact) mass is 346 g/mol. The van der Waals surface area contributed by atoms with Crippen LogP contribution in [0.5, 0.6) is 0 Å². The fourth-order valence-corrected chi connectivity index (χ4v) is 1.90. The molecule has 3 N–H and O–H groups in total. The van der Waals surface area contributed by atoms with Crippen LogP contribution in [0.4, 0.5) is 18.9 Å². The van der Waals surface area contributed by atoms with Gasteiger partial charge in [0.05, 0.1) is 5.56 Å². The second kappa shape index (κ2) is 4.52. The van der Waals surface area contributed by atoms with Gasteiger partial charge >= 0.3 is 6.18 Å². The summed E-state index contributed by atoms with van der Waals surface area (Å²) in [5.41, 5.74) is 4.97. The van der Waals surface area contributed by atoms with Gasteiger partial charge in [0, 0.05) is 9.26 Å². The summed E-state index contributed by atoms with van der Waals surface area (Å²) in [6.45, 7) is 0. The maximum Gasteiger partial charge on any atom is 0.417 e. The van der Waals surface area contributed by atoms with Crippen LogP contribution in [-0.4, -0.2) is 5.11 Å². The largest absolute Gasteiger partial charge is 0.417 e. The predicted octanol–water partition coefficient (Wildman–Crippen LogP) is 2.97. The Hall–Kier alpha value is -0.570. The zero-order valence-corrected chi connectivity index (χ0v) is 10.2. The predicted molar refractivity (Wildman–Crippen MR) is 64.6 cm³/mol. The first-order valence-electron chi connectivity index (χ1n) is 3.74. The number of rotatable bonds is 1. The molecular weight excluding hydrogens is 340 g/mol. The molecule has 0 aliphatic carbocycles. The zero-order valence-electron chi connectivity index (χ0n) is 7.23. The van der Waals surface area contributed by atoms with E-state index in [1.54, 1.807) is 22.6 Å². The van der Waals surface area contributed by atoms with Crippen LogP contribution in [0.3, 0.4) is 0 Å². The lowest BCUT2D eigenvalue weighted by Gasteiger charge is -2.11. The average molecular weight is 346 g/mol. The van der Waals surface area contributed by atoms with Crippen molar-refractivity contribution in [3.63, 3.8) is 0 Å². The molecule has 0 aliphatic heterocycles. The molecule has 7 heteroatoms. The van der Waals surface area contributed by atoms with E-state index in [9.17, 15) is 13.2 Å². The lowest BCUT2D eigenvalue weighted by atomic mass is 10.2. The van der Waals surface area contributed by atoms with Gasteiger partial charge in [0.2, 0.25) is 0 Å². The Labute approximate surface area is 103 Å². The minimum absolute atomic E-state index is 0.0190. The van der Waals surface area contributed by atoms with Crippen molar-refractivity contribution < 1.29 is 13.2 Å². The number of halogens is 4. The first-order valence-corrected chi connectivity index (χ1v) is 5.22. The van der Waals surface area contributed by atoms with Crippen molar-refractivity contribution in [1.29, 1.82) is 0 Å². The molecule has 0 saturated carbocycles. The van der Waals surface area contributed by atoms with Gasteiger partial charge in [0.15, 0.2) is 5.11 Å². The maximum atomic E-state index is 12.4. The summed E-state index contributed by atoms with van der Waals surface area (Å²) in [6.07, 6.45) is -4.34. The number of hydrogen-bond acceptors (Lipinski definition) is 1. The topological polar surface area (TPSA) is 38.0 Å². The second-order valence-electron chi connectivity index (χ2n) is 2.68. The molecule has 0 bridgehead atoms. The molecular formula is C8H6F3IN2S. The maximum absolute atomic E-state index is 12.4. The Bertz CT molecular complexity index is 392. The lowest BCUT2D eigenvalue weighted by molar-refractivity contribution is -0.138. The number of anilines is 1. The summed E-state index contributed by atoms with van der Waals surface area (Å²) < 4.78 is 37.2. The normalized spacial score (nSPS) is 11.2. The molecule has 0 unspecified atom stereocenters. The summed E-state index contributed by atoms with van der Waals surface area (Å²) in [7, 11) is 0. The third-order valence-corrected chi connectivity index (χ3v) is 2.54. The van der Waals surface area contributed by atoms with Crippen molar-refractivity contribution >= 4 is 45.6 Å². The van der Waals surface area contributed by atoms with Gasteiger partial charge in [-0.2, -0.15) is 13.2 Å². The molecule has 0 atom stereocenters. The van der Waals surface area contributed by atoms with Crippen molar-refractivity contribution in [3.05, 3.63) is 27.3 Å². The van der Waals surface area contributed by atoms with Gasteiger partial charge in [-0.25, -0.2) is 0 Å². The van der Waals surface area contributed by atoms with Crippen LogP contribution in [0.2, 0.25) is 0 Å². The van der Waals surface area contributed by atoms with Crippen molar-refractivity contribution in [2.24, 2.45) is 5.73 Å². The van der Waals surface area contributed by atoms with Crippen LogP contribution in [-0.2, 0) is 6.18 Å². The van der Waals surface area contributed by atoms with E-state index in [-0.39, 0.29) is 8.68 Å². The minimum atomic E-state index is -4.34. The third kappa shape index (κ3) is 3.49. The smallest absolute Gasteiger partial charge is 0.376 e. The summed E-state index contributed by atoms with van der Waals surface area (Å²) in [5, 5.41) is 2.58. The van der Waals surface area contributed by atoms with Crippen LogP contribution in [0, 0.1) is 3.57 Å². The summed E-state index contributed by atoms with van der Waals surface area (Å²) in [4.78, 5) is 0. The quantitative estimate of drug-likeness (QED) is 0.607. The number of hydrogen-bond donors (Lipinski definition) is 2. The third-order valence-electron chi connectivity index (χ3n) is 1.54. The molecule has 0 aromatic heterocycles. The summed E-state index contributed by atoms with van der Waals surface area (Å²) >= 11 is 6.18. The molecule has 0 heterocycles. The molecule has 0 fully saturated rings. The number of benzene rings is 1. The Kier molecular flexibility index (Phi) is 3.77. The van der Waals surface area contributed by atoms with E-state index < -0.39 is 11.7 Å². The van der Waals surface area contributed by atoms with Crippen LogP contribution < -0.4 is 11.1 Å². The molecule has 0 aliphatic rings. The van der Waals surface area contributed by atoms with Crippen molar-refractivity contribution in [2.75, 3.05) is 5.32 Å². The summed E-state index contributed by atoms with van der Waals surface area (Å²) in [5.74, 6) is 0. The molecule has 0 saturated heterocycles. The molecule has 82 valence electrons. The number of thiocarbonyl (C=S) groups is 1. The molecule has 0 radical (unpaired) electrons. The zero-order chi connectivity index (χ0) is 11.6. The molecule has 1 aromatic carbocycles. The summed E-state index contributed by atoms with van der Waals surface area (Å²) in [6, 6.07) is 3.61. The SMILES string of the molecule is NC(=S)Nc1ccc(C(F)(F)F)c(I)c1. The molecule has 15 heavy (non-hydrogen) atoms. The van der Waals surface area contributed by atoms with E-state index in [1.807, 2.05) is 0 Å². The van der Waals surface area contributed by atoms with E-state index in [4.69, 9.17) is 5.73 Å². The van der Waals surface area contributed by atoms with Gasteiger partial charge in [0.25, 0.3) is 0 Å². The first-order chi connectivity index (χ1) is 6.80. The van der Waals surface area contributed by atoms with E-state index in [0.717, 1.165) is 6.07 Å². The van der Waals surface area contributed by atoms with Gasteiger partial charge in [-0.3, -0.25) is 0 Å². The Morgan fingerprint density at radius 2 is 2.00 bits per heavy atom. The van der Waals surface area contributed by atoms with Gasteiger partial charge in [-0.1, -0.05) is 0 Å². The second-order valence-corrected chi connectivity index (χ2v) is 4.28. The Morgan fingerprint density at radius 1 is 1.40 bits per heavy atom. The highest BCUT2D eigenvalue weighted by atomic mass is 127. The Morgan fingerprint density at radius 3 is 2.40 bits per heavy atom. The van der Waals surface area contributed by atoms with Gasteiger partial charge in [-0.15, -0.1) is 0 Å². The molecule has 0 spiro atoms. The molecule has 1 rings (SSSR count). The molecule has 0 amide bonds. The van der Waals surface area contributed by atoms with E-state index in [1.165, 1.54) is 12.1 Å². The van der Waals surface area contributed by atoms with E-state index >= 15 is 0 Å². The highest BCUT2D eigenvalue weighted by Crippen LogP contribution is 2.33. The van der Waals surface area contributed by atoms with Crippen molar-refractivity contribution in [2.45, 2.75) is 6.18 Å². The van der Waals surface area contributed by atoms with Crippen LogP contribution in [0.15, 0.2) is 18.2 Å². The average Bonchev–Trinajstić information content (AvgIpc) is 1.99. The van der Waals surface area contributed by atoms with Crippen LogP contribution in [0.25, 0.3) is 0 Å². The highest BCUT2D eigenvalue weighted by molar-refractivity contribution is 14.1. The number of nitrogens with two attached hydrogens (primary N) is 1. The molecule has 1 aromatic rings. The van der Waals surface area contributed by atoms with Crippen LogP contribution in [0.1, 0.15) is 5.56 Å². The van der Waals surface area contributed by atoms with Crippen molar-refractivity contribution in [3.8, 4) is 0 Å². The van der Waals surface area contributed by atoms with E-state index in [2.05, 4.69) is 17.5 Å². The lowest BCUT2D eigenvalue weighted by Crippen LogP contribution is -2.19. The van der Waals surface area contributed by atoms with Crippen LogP contribution >= 0.6 is 34.8 Å². The standard InChI is InChI=1S/C8H6F3IN2S/c9-8(10,11)5-2-1-4(3-6(5)12)14-7(13)15/h1-3H,(H3,13,14,15). The van der Waals surface area contributed by atoms with E-state index in [0.29, 0.717) is 5.69 Å². The van der Waals surface area contributed by atoms with Gasteiger partial charge in [0.1, 0.15) is 0 Å². The van der Waals surface area contributed by atoms with Gasteiger partial charge in [-0.05, 0) is 53.0 Å².